The predicted molar refractivity (Wildman–Crippen MR) is 109 cm³/mol. The molecule has 2 aromatic rings. The smallest absolute Gasteiger partial charge is 0.191 e. The number of thioether (sulfide) groups is 1. The van der Waals surface area contributed by atoms with Gasteiger partial charge in [-0.15, -0.1) is 10.2 Å². The van der Waals surface area contributed by atoms with Gasteiger partial charge < -0.3 is 9.30 Å². The molecule has 0 saturated carbocycles. The maximum Gasteiger partial charge on any atom is 0.191 e. The van der Waals surface area contributed by atoms with Crippen molar-refractivity contribution in [3.63, 3.8) is 0 Å². The van der Waals surface area contributed by atoms with Gasteiger partial charge in [-0.2, -0.15) is 0 Å². The second-order valence-corrected chi connectivity index (χ2v) is 10.7. The highest BCUT2D eigenvalue weighted by Gasteiger charge is 2.32. The fraction of sp³-hybridized carbons (Fsp3) is 0.579. The number of rotatable bonds is 7. The molecule has 2 heterocycles. The number of hydrogen-bond donors (Lipinski definition) is 0. The number of nitrogens with zero attached hydrogens (tertiary/aromatic N) is 3. The summed E-state index contributed by atoms with van der Waals surface area (Å²) in [4.78, 5) is 0. The van der Waals surface area contributed by atoms with Gasteiger partial charge in [0.05, 0.1) is 18.1 Å². The van der Waals surface area contributed by atoms with Gasteiger partial charge in [0, 0.05) is 18.7 Å². The Hall–Kier alpha value is -1.54. The van der Waals surface area contributed by atoms with E-state index in [0.29, 0.717) is 18.9 Å². The summed E-state index contributed by atoms with van der Waals surface area (Å²) >= 11 is 1.57. The molecule has 0 spiro atoms. The zero-order chi connectivity index (χ0) is 19.6. The number of ether oxygens (including phenoxy) is 1. The molecule has 0 radical (unpaired) electrons. The Morgan fingerprint density at radius 2 is 2.11 bits per heavy atom. The van der Waals surface area contributed by atoms with Crippen molar-refractivity contribution in [2.75, 3.05) is 23.9 Å². The van der Waals surface area contributed by atoms with E-state index in [1.54, 1.807) is 11.8 Å². The number of hydrogen-bond acceptors (Lipinski definition) is 6. The summed E-state index contributed by atoms with van der Waals surface area (Å²) < 4.78 is 31.1. The normalized spacial score (nSPS) is 18.9. The molecular weight excluding hydrogens is 382 g/mol. The summed E-state index contributed by atoms with van der Waals surface area (Å²) in [6.07, 6.45) is 0.633. The van der Waals surface area contributed by atoms with E-state index in [-0.39, 0.29) is 17.4 Å². The second-order valence-electron chi connectivity index (χ2n) is 7.37. The fourth-order valence-electron chi connectivity index (χ4n) is 3.48. The van der Waals surface area contributed by atoms with Gasteiger partial charge in [0.25, 0.3) is 0 Å². The van der Waals surface area contributed by atoms with Crippen molar-refractivity contribution in [2.24, 2.45) is 7.05 Å². The van der Waals surface area contributed by atoms with Gasteiger partial charge in [0.15, 0.2) is 15.0 Å². The minimum Gasteiger partial charge on any atom is -0.493 e. The molecule has 1 unspecified atom stereocenters. The Kier molecular flexibility index (Phi) is 6.15. The zero-order valence-corrected chi connectivity index (χ0v) is 17.9. The topological polar surface area (TPSA) is 74.1 Å². The van der Waals surface area contributed by atoms with Crippen LogP contribution in [0.1, 0.15) is 49.1 Å². The fourth-order valence-corrected chi connectivity index (χ4v) is 5.96. The number of benzene rings is 1. The van der Waals surface area contributed by atoms with Crippen molar-refractivity contribution in [3.8, 4) is 5.75 Å². The van der Waals surface area contributed by atoms with Crippen LogP contribution in [0.25, 0.3) is 0 Å². The van der Waals surface area contributed by atoms with Gasteiger partial charge >= 0.3 is 0 Å². The lowest BCUT2D eigenvalue weighted by Gasteiger charge is -2.12. The first-order valence-corrected chi connectivity index (χ1v) is 12.0. The molecule has 1 atom stereocenters. The van der Waals surface area contributed by atoms with Gasteiger partial charge in [-0.1, -0.05) is 31.7 Å². The lowest BCUT2D eigenvalue weighted by molar-refractivity contribution is 0.343. The molecule has 1 fully saturated rings. The number of aryl methyl sites for hydroxylation is 1. The standard InChI is InChI=1S/C19H27N3O3S2/c1-13(2)17-6-5-16(11-14(17)3)25-8-9-26-19-21-20-18(22(19)4)15-7-10-27(23,24)12-15/h5-6,11,13,15H,7-10,12H2,1-4H3. The van der Waals surface area contributed by atoms with Crippen LogP contribution in [0, 0.1) is 6.92 Å². The third kappa shape index (κ3) is 4.85. The summed E-state index contributed by atoms with van der Waals surface area (Å²) in [5.74, 6) is 3.29. The lowest BCUT2D eigenvalue weighted by Crippen LogP contribution is -2.09. The molecule has 148 valence electrons. The molecule has 1 aromatic carbocycles. The summed E-state index contributed by atoms with van der Waals surface area (Å²) in [5, 5.41) is 9.24. The highest BCUT2D eigenvalue weighted by atomic mass is 32.2. The quantitative estimate of drug-likeness (QED) is 0.516. The molecular formula is C19H27N3O3S2. The summed E-state index contributed by atoms with van der Waals surface area (Å²) in [6, 6.07) is 6.24. The molecule has 0 aliphatic carbocycles. The van der Waals surface area contributed by atoms with E-state index in [1.807, 2.05) is 17.7 Å². The Labute approximate surface area is 165 Å². The van der Waals surface area contributed by atoms with Crippen molar-refractivity contribution in [2.45, 2.75) is 44.2 Å². The average molecular weight is 410 g/mol. The van der Waals surface area contributed by atoms with E-state index in [2.05, 4.69) is 43.1 Å². The van der Waals surface area contributed by atoms with E-state index in [1.165, 1.54) is 11.1 Å². The SMILES string of the molecule is Cc1cc(OCCSc2nnc(C3CCS(=O)(=O)C3)n2C)ccc1C(C)C. The van der Waals surface area contributed by atoms with Gasteiger partial charge in [0.1, 0.15) is 11.6 Å². The van der Waals surface area contributed by atoms with Crippen molar-refractivity contribution in [1.82, 2.24) is 14.8 Å². The highest BCUT2D eigenvalue weighted by Crippen LogP contribution is 2.29. The van der Waals surface area contributed by atoms with Crippen LogP contribution < -0.4 is 4.74 Å². The molecule has 1 aliphatic heterocycles. The first kappa shape index (κ1) is 20.2. The molecule has 27 heavy (non-hydrogen) atoms. The minimum absolute atomic E-state index is 0.0412. The molecule has 0 N–H and O–H groups in total. The summed E-state index contributed by atoms with van der Waals surface area (Å²) in [6.45, 7) is 7.07. The number of sulfone groups is 1. The van der Waals surface area contributed by atoms with E-state index < -0.39 is 9.84 Å². The zero-order valence-electron chi connectivity index (χ0n) is 16.3. The lowest BCUT2D eigenvalue weighted by atomic mass is 9.98. The molecule has 1 aromatic heterocycles. The second kappa shape index (κ2) is 8.22. The van der Waals surface area contributed by atoms with Crippen LogP contribution in [0.5, 0.6) is 5.75 Å². The van der Waals surface area contributed by atoms with Gasteiger partial charge in [-0.3, -0.25) is 0 Å². The van der Waals surface area contributed by atoms with Crippen molar-refractivity contribution in [3.05, 3.63) is 35.2 Å². The monoisotopic (exact) mass is 409 g/mol. The Morgan fingerprint density at radius 3 is 2.74 bits per heavy atom. The van der Waals surface area contributed by atoms with Gasteiger partial charge in [-0.25, -0.2) is 8.42 Å². The van der Waals surface area contributed by atoms with Crippen LogP contribution in [0.4, 0.5) is 0 Å². The molecule has 1 saturated heterocycles. The summed E-state index contributed by atoms with van der Waals surface area (Å²) in [7, 11) is -1.02. The minimum atomic E-state index is -2.92. The van der Waals surface area contributed by atoms with Crippen LogP contribution in [-0.2, 0) is 16.9 Å². The van der Waals surface area contributed by atoms with Crippen LogP contribution in [0.3, 0.4) is 0 Å². The molecule has 3 rings (SSSR count). The molecule has 0 amide bonds. The van der Waals surface area contributed by atoms with Crippen molar-refractivity contribution < 1.29 is 13.2 Å². The molecule has 8 heteroatoms. The van der Waals surface area contributed by atoms with Crippen molar-refractivity contribution in [1.29, 1.82) is 0 Å². The summed E-state index contributed by atoms with van der Waals surface area (Å²) in [5.41, 5.74) is 2.59. The Bertz CT molecular complexity index is 907. The van der Waals surface area contributed by atoms with Crippen LogP contribution in [0.15, 0.2) is 23.4 Å². The van der Waals surface area contributed by atoms with E-state index in [4.69, 9.17) is 4.74 Å². The maximum absolute atomic E-state index is 11.7. The van der Waals surface area contributed by atoms with E-state index >= 15 is 0 Å². The predicted octanol–water partition coefficient (Wildman–Crippen LogP) is 3.32. The maximum atomic E-state index is 11.7. The van der Waals surface area contributed by atoms with Crippen LogP contribution in [-0.4, -0.2) is 47.0 Å². The largest absolute Gasteiger partial charge is 0.493 e. The van der Waals surface area contributed by atoms with E-state index in [0.717, 1.165) is 22.5 Å². The molecule has 1 aliphatic rings. The molecule has 6 nitrogen and oxygen atoms in total. The molecule has 0 bridgehead atoms. The first-order chi connectivity index (χ1) is 12.8. The Balaban J connectivity index is 1.52. The van der Waals surface area contributed by atoms with Gasteiger partial charge in [-0.05, 0) is 42.5 Å². The van der Waals surface area contributed by atoms with Gasteiger partial charge in [0.2, 0.25) is 0 Å². The Morgan fingerprint density at radius 1 is 1.33 bits per heavy atom. The van der Waals surface area contributed by atoms with E-state index in [9.17, 15) is 8.42 Å². The highest BCUT2D eigenvalue weighted by molar-refractivity contribution is 7.99. The third-order valence-electron chi connectivity index (χ3n) is 4.91. The van der Waals surface area contributed by atoms with Crippen LogP contribution in [0.2, 0.25) is 0 Å². The van der Waals surface area contributed by atoms with Crippen LogP contribution >= 0.6 is 11.8 Å². The number of aromatic nitrogens is 3. The van der Waals surface area contributed by atoms with Crippen molar-refractivity contribution >= 4 is 21.6 Å². The third-order valence-corrected chi connectivity index (χ3v) is 7.67. The first-order valence-electron chi connectivity index (χ1n) is 9.22. The average Bonchev–Trinajstić information content (AvgIpc) is 3.13.